The summed E-state index contributed by atoms with van der Waals surface area (Å²) >= 11 is 7.20. The van der Waals surface area contributed by atoms with Crippen LogP contribution in [-0.2, 0) is 48.6 Å². The number of carbonyl (C=O) groups is 3. The molecule has 14 nitrogen and oxygen atoms in total. The Labute approximate surface area is 334 Å². The van der Waals surface area contributed by atoms with Crippen molar-refractivity contribution in [3.05, 3.63) is 100 Å². The van der Waals surface area contributed by atoms with Gasteiger partial charge in [-0.05, 0) is 70.5 Å². The van der Waals surface area contributed by atoms with Crippen molar-refractivity contribution in [1.29, 1.82) is 0 Å². The first kappa shape index (κ1) is 45.0. The van der Waals surface area contributed by atoms with Crippen LogP contribution in [0.25, 0.3) is 0 Å². The zero-order valence-corrected chi connectivity index (χ0v) is 33.9. The van der Waals surface area contributed by atoms with E-state index < -0.39 is 112 Å². The van der Waals surface area contributed by atoms with Crippen molar-refractivity contribution < 1.29 is 73.8 Å². The summed E-state index contributed by atoms with van der Waals surface area (Å²) in [6.45, 7) is 0. The van der Waals surface area contributed by atoms with Crippen molar-refractivity contribution in [2.24, 2.45) is 16.0 Å². The van der Waals surface area contributed by atoms with E-state index in [-0.39, 0.29) is 14.7 Å². The molecule has 3 aromatic rings. The molecule has 0 fully saturated rings. The molecular weight excluding hydrogens is 1040 g/mol. The lowest BCUT2D eigenvalue weighted by atomic mass is 9.99. The van der Waals surface area contributed by atoms with E-state index in [1.54, 1.807) is 22.6 Å². The minimum absolute atomic E-state index is 0.0404. The molecule has 8 N–H and O–H groups in total. The Kier molecular flexibility index (Phi) is 13.0. The average Bonchev–Trinajstić information content (AvgIpc) is 3.86. The number of imide groups is 1. The number of nitrogens with two attached hydrogens (primary N) is 1. The fourth-order valence-corrected chi connectivity index (χ4v) is 8.22. The molecule has 55 heavy (non-hydrogen) atoms. The number of benzene rings is 3. The van der Waals surface area contributed by atoms with Crippen molar-refractivity contribution >= 4 is 87.4 Å². The number of carbonyl (C=O) groups excluding carboxylic acids is 3. The topological polar surface area (TPSA) is 241 Å². The van der Waals surface area contributed by atoms with Gasteiger partial charge < -0.3 is 30.6 Å². The van der Waals surface area contributed by atoms with Crippen LogP contribution in [0, 0.1) is 3.57 Å². The SMILES string of the molecule is N[C@@H](Cc1ccc(C(F)(F)P(=O)(O)O)c(Br)c1)C(=O)NC(=O)[C@H](Cc1ccc(C(F)(F)P(=O)(O)O)c(Br)c1)NC(=O)c1cc(I)cc(C2(C(F)(F)F)N=N2)c1. The first-order valence-corrected chi connectivity index (χ1v) is 20.6. The maximum Gasteiger partial charge on any atom is 0.442 e. The number of hydrogen-bond donors (Lipinski definition) is 7. The summed E-state index contributed by atoms with van der Waals surface area (Å²) in [7, 11) is -11.9. The summed E-state index contributed by atoms with van der Waals surface area (Å²) < 4.78 is 120. The fourth-order valence-electron chi connectivity index (χ4n) is 4.87. The van der Waals surface area contributed by atoms with E-state index in [4.69, 9.17) is 25.3 Å². The third-order valence-electron chi connectivity index (χ3n) is 7.80. The Hall–Kier alpha value is -2.67. The van der Waals surface area contributed by atoms with Gasteiger partial charge in [0, 0.05) is 41.2 Å². The number of hydrogen-bond acceptors (Lipinski definition) is 8. The van der Waals surface area contributed by atoms with Crippen molar-refractivity contribution in [3.63, 3.8) is 0 Å². The van der Waals surface area contributed by atoms with Gasteiger partial charge in [0.15, 0.2) is 0 Å². The Balaban J connectivity index is 1.61. The van der Waals surface area contributed by atoms with Crippen molar-refractivity contribution in [1.82, 2.24) is 10.6 Å². The molecule has 0 bridgehead atoms. The van der Waals surface area contributed by atoms with Gasteiger partial charge in [-0.1, -0.05) is 56.1 Å². The molecule has 26 heteroatoms. The third-order valence-corrected chi connectivity index (χ3v) is 11.7. The standard InChI is InChI=1S/C29H23Br2F7IN5O9P2/c30-19-5-12(1-3-17(19)27(32,33)54(48,49)50)7-21(40)24(46)42-25(47)22(8-13-2-4-18(20(31)6-13)28(34,35)55(51,52)53)41-23(45)14-9-15(11-16(39)10-14)26(43-44-26)29(36,37)38/h1-6,9-11,21-22H,7-8,40H2,(H,41,45)(H,42,46,47)(H2,48,49,50)(H2,51,52,53)/t21-,22-/m0/s1. The van der Waals surface area contributed by atoms with Crippen LogP contribution in [0.2, 0.25) is 0 Å². The predicted molar refractivity (Wildman–Crippen MR) is 192 cm³/mol. The lowest BCUT2D eigenvalue weighted by Crippen LogP contribution is -2.53. The van der Waals surface area contributed by atoms with Crippen LogP contribution < -0.4 is 16.4 Å². The second kappa shape index (κ2) is 15.9. The van der Waals surface area contributed by atoms with Crippen LogP contribution in [-0.4, -0.2) is 55.6 Å². The van der Waals surface area contributed by atoms with Crippen LogP contribution >= 0.6 is 69.6 Å². The maximum absolute atomic E-state index is 14.4. The first-order chi connectivity index (χ1) is 25.0. The quantitative estimate of drug-likeness (QED) is 0.0598. The van der Waals surface area contributed by atoms with Crippen molar-refractivity contribution in [2.45, 2.75) is 48.1 Å². The molecule has 0 radical (unpaired) electrons. The van der Waals surface area contributed by atoms with Crippen molar-refractivity contribution in [2.75, 3.05) is 0 Å². The molecule has 0 saturated heterocycles. The fraction of sp³-hybridized carbons (Fsp3) is 0.276. The normalized spacial score (nSPS) is 15.6. The zero-order valence-electron chi connectivity index (χ0n) is 26.7. The van der Waals surface area contributed by atoms with E-state index in [9.17, 15) is 54.2 Å². The molecule has 3 aromatic carbocycles. The van der Waals surface area contributed by atoms with Gasteiger partial charge in [0.2, 0.25) is 11.8 Å². The molecule has 298 valence electrons. The van der Waals surface area contributed by atoms with Crippen molar-refractivity contribution in [3.8, 4) is 0 Å². The predicted octanol–water partition coefficient (Wildman–Crippen LogP) is 6.01. The molecule has 3 amide bonds. The molecule has 0 aliphatic carbocycles. The van der Waals surface area contributed by atoms with E-state index >= 15 is 0 Å². The number of amides is 3. The molecular formula is C29H23Br2F7IN5O9P2. The van der Waals surface area contributed by atoms with Gasteiger partial charge in [-0.3, -0.25) is 28.8 Å². The minimum atomic E-state index is -6.01. The number of alkyl halides is 7. The number of nitrogens with zero attached hydrogens (tertiary/aromatic N) is 2. The van der Waals surface area contributed by atoms with Gasteiger partial charge in [0.1, 0.15) is 6.04 Å². The molecule has 1 heterocycles. The van der Waals surface area contributed by atoms with E-state index in [1.807, 2.05) is 5.32 Å². The number of halogens is 10. The molecule has 1 aliphatic rings. The summed E-state index contributed by atoms with van der Waals surface area (Å²) in [5, 5.41) is 10.4. The van der Waals surface area contributed by atoms with Gasteiger partial charge in [0.05, 0.1) is 6.04 Å². The van der Waals surface area contributed by atoms with Crippen LogP contribution in [0.5, 0.6) is 0 Å². The Morgan fingerprint density at radius 1 is 0.782 bits per heavy atom. The summed E-state index contributed by atoms with van der Waals surface area (Å²) in [4.78, 5) is 76.2. The molecule has 0 unspecified atom stereocenters. The van der Waals surface area contributed by atoms with Gasteiger partial charge in [-0.2, -0.15) is 30.7 Å². The largest absolute Gasteiger partial charge is 0.442 e. The third kappa shape index (κ3) is 9.73. The van der Waals surface area contributed by atoms with Gasteiger partial charge in [-0.25, -0.2) is 0 Å². The summed E-state index contributed by atoms with van der Waals surface area (Å²) in [6.07, 6.45) is -6.02. The Morgan fingerprint density at radius 3 is 1.67 bits per heavy atom. The molecule has 4 rings (SSSR count). The Morgan fingerprint density at radius 2 is 1.25 bits per heavy atom. The second-order valence-corrected chi connectivity index (χ2v) is 18.0. The monoisotopic (exact) mass is 1060 g/mol. The average molecular weight is 1070 g/mol. The van der Waals surface area contributed by atoms with E-state index in [1.165, 1.54) is 0 Å². The van der Waals surface area contributed by atoms with E-state index in [2.05, 4.69) is 47.4 Å². The lowest BCUT2D eigenvalue weighted by Gasteiger charge is -2.22. The molecule has 1 aliphatic heterocycles. The van der Waals surface area contributed by atoms with Crippen LogP contribution in [0.3, 0.4) is 0 Å². The molecule has 2 atom stereocenters. The highest BCUT2D eigenvalue weighted by molar-refractivity contribution is 14.1. The zero-order chi connectivity index (χ0) is 41.7. The summed E-state index contributed by atoms with van der Waals surface area (Å²) in [6, 6.07) is 4.76. The number of rotatable bonds is 13. The molecule has 0 aromatic heterocycles. The maximum atomic E-state index is 14.4. The lowest BCUT2D eigenvalue weighted by molar-refractivity contribution is -0.166. The smallest absolute Gasteiger partial charge is 0.340 e. The van der Waals surface area contributed by atoms with Crippen LogP contribution in [0.1, 0.15) is 38.2 Å². The minimum Gasteiger partial charge on any atom is -0.340 e. The summed E-state index contributed by atoms with van der Waals surface area (Å²) in [5.74, 6) is -3.64. The summed E-state index contributed by atoms with van der Waals surface area (Å²) in [5.41, 5.74) is -9.35. The number of nitrogens with one attached hydrogen (secondary N) is 2. The molecule has 0 saturated carbocycles. The van der Waals surface area contributed by atoms with Gasteiger partial charge in [-0.15, -0.1) is 10.2 Å². The highest BCUT2D eigenvalue weighted by Gasteiger charge is 2.65. The van der Waals surface area contributed by atoms with Crippen LogP contribution in [0.4, 0.5) is 30.7 Å². The molecule has 0 spiro atoms. The van der Waals surface area contributed by atoms with E-state index in [0.717, 1.165) is 42.5 Å². The first-order valence-electron chi connectivity index (χ1n) is 14.7. The highest BCUT2D eigenvalue weighted by atomic mass is 127. The van der Waals surface area contributed by atoms with Gasteiger partial charge in [0.25, 0.3) is 5.91 Å². The Bertz CT molecular complexity index is 2180. The highest BCUT2D eigenvalue weighted by Crippen LogP contribution is 2.61. The van der Waals surface area contributed by atoms with E-state index in [0.29, 0.717) is 12.1 Å². The van der Waals surface area contributed by atoms with Crippen LogP contribution in [0.15, 0.2) is 73.8 Å². The second-order valence-electron chi connectivity index (χ2n) is 11.8. The van der Waals surface area contributed by atoms with Gasteiger partial charge >= 0.3 is 38.4 Å².